The molecule has 1 amide bonds. The summed E-state index contributed by atoms with van der Waals surface area (Å²) in [5.41, 5.74) is 1.23. The third kappa shape index (κ3) is 3.15. The summed E-state index contributed by atoms with van der Waals surface area (Å²) in [5.74, 6) is -0.317. The first-order valence-electron chi connectivity index (χ1n) is 7.16. The first-order valence-corrected chi connectivity index (χ1v) is 8.36. The third-order valence-electron chi connectivity index (χ3n) is 3.88. The van der Waals surface area contributed by atoms with Crippen molar-refractivity contribution in [1.29, 1.82) is 0 Å². The molecule has 116 valence electrons. The van der Waals surface area contributed by atoms with Gasteiger partial charge in [-0.3, -0.25) is 4.79 Å². The minimum absolute atomic E-state index is 0.100. The average Bonchev–Trinajstić information content (AvgIpc) is 3.25. The van der Waals surface area contributed by atoms with E-state index in [-0.39, 0.29) is 10.6 Å². The lowest BCUT2D eigenvalue weighted by molar-refractivity contribution is 0.0997. The second-order valence-electron chi connectivity index (χ2n) is 5.62. The number of hydrogen-bond donors (Lipinski definition) is 0. The average molecular weight is 339 g/mol. The van der Waals surface area contributed by atoms with Crippen molar-refractivity contribution in [3.05, 3.63) is 50.0 Å². The van der Waals surface area contributed by atoms with Crippen LogP contribution in [-0.2, 0) is 6.54 Å². The highest BCUT2D eigenvalue weighted by Crippen LogP contribution is 2.31. The van der Waals surface area contributed by atoms with E-state index in [2.05, 4.69) is 9.56 Å². The predicted molar refractivity (Wildman–Crippen MR) is 85.8 cm³/mol. The van der Waals surface area contributed by atoms with Crippen molar-refractivity contribution in [3.63, 3.8) is 0 Å². The van der Waals surface area contributed by atoms with Gasteiger partial charge in [-0.1, -0.05) is 11.6 Å². The number of halogens is 2. The summed E-state index contributed by atoms with van der Waals surface area (Å²) in [6.07, 6.45) is 2.45. The number of rotatable bonds is 3. The molecule has 0 N–H and O–H groups in total. The molecule has 1 aromatic heterocycles. The molecular weight excluding hydrogens is 323 g/mol. The molecule has 0 aliphatic heterocycles. The van der Waals surface area contributed by atoms with Crippen LogP contribution in [0.1, 0.15) is 33.8 Å². The SMILES string of the molecule is Cc1sc(=NC(=O)c2cc(F)ccc2Cl)n(CC2CC2)c1C. The van der Waals surface area contributed by atoms with Crippen LogP contribution in [0.2, 0.25) is 5.02 Å². The third-order valence-corrected chi connectivity index (χ3v) is 5.31. The molecule has 3 rings (SSSR count). The summed E-state index contributed by atoms with van der Waals surface area (Å²) in [4.78, 5) is 18.3. The molecule has 0 spiro atoms. The van der Waals surface area contributed by atoms with Crippen LogP contribution in [0, 0.1) is 25.6 Å². The molecule has 0 saturated heterocycles. The van der Waals surface area contributed by atoms with E-state index in [1.54, 1.807) is 0 Å². The summed E-state index contributed by atoms with van der Waals surface area (Å²) < 4.78 is 15.4. The molecule has 0 atom stereocenters. The molecular formula is C16H16ClFN2OS. The van der Waals surface area contributed by atoms with Gasteiger partial charge in [0.25, 0.3) is 5.91 Å². The molecule has 1 aromatic carbocycles. The first-order chi connectivity index (χ1) is 10.5. The molecule has 0 bridgehead atoms. The van der Waals surface area contributed by atoms with Crippen molar-refractivity contribution in [3.8, 4) is 0 Å². The summed E-state index contributed by atoms with van der Waals surface area (Å²) in [7, 11) is 0. The Balaban J connectivity index is 2.02. The largest absolute Gasteiger partial charge is 0.320 e. The highest BCUT2D eigenvalue weighted by atomic mass is 35.5. The van der Waals surface area contributed by atoms with Crippen molar-refractivity contribution < 1.29 is 9.18 Å². The fourth-order valence-corrected chi connectivity index (χ4v) is 3.45. The van der Waals surface area contributed by atoms with Crippen molar-refractivity contribution in [2.45, 2.75) is 33.2 Å². The highest BCUT2D eigenvalue weighted by Gasteiger charge is 2.23. The van der Waals surface area contributed by atoms with Crippen LogP contribution in [0.5, 0.6) is 0 Å². The van der Waals surface area contributed by atoms with E-state index < -0.39 is 11.7 Å². The van der Waals surface area contributed by atoms with Crippen LogP contribution in [0.25, 0.3) is 0 Å². The Kier molecular flexibility index (Phi) is 4.19. The normalized spacial score (nSPS) is 15.4. The standard InChI is InChI=1S/C16H16ClFN2OS/c1-9-10(2)22-16(20(9)8-11-3-4-11)19-15(21)13-7-12(18)5-6-14(13)17/h5-7,11H,3-4,8H2,1-2H3. The molecule has 1 saturated carbocycles. The van der Waals surface area contributed by atoms with E-state index in [1.807, 2.05) is 13.8 Å². The minimum Gasteiger partial charge on any atom is -0.320 e. The quantitative estimate of drug-likeness (QED) is 0.829. The van der Waals surface area contributed by atoms with Gasteiger partial charge in [0.2, 0.25) is 0 Å². The summed E-state index contributed by atoms with van der Waals surface area (Å²) >= 11 is 7.46. The molecule has 22 heavy (non-hydrogen) atoms. The summed E-state index contributed by atoms with van der Waals surface area (Å²) in [5, 5.41) is 0.217. The second-order valence-corrected chi connectivity index (χ2v) is 7.21. The maximum atomic E-state index is 13.3. The molecule has 1 aliphatic rings. The molecule has 0 unspecified atom stereocenters. The molecule has 1 aliphatic carbocycles. The Morgan fingerprint density at radius 2 is 2.18 bits per heavy atom. The van der Waals surface area contributed by atoms with Gasteiger partial charge in [0.05, 0.1) is 10.6 Å². The number of carbonyl (C=O) groups excluding carboxylic acids is 1. The number of benzene rings is 1. The first kappa shape index (κ1) is 15.4. The zero-order valence-corrected chi connectivity index (χ0v) is 14.0. The number of amides is 1. The van der Waals surface area contributed by atoms with Gasteiger partial charge in [-0.15, -0.1) is 11.3 Å². The van der Waals surface area contributed by atoms with Crippen LogP contribution in [-0.4, -0.2) is 10.5 Å². The Morgan fingerprint density at radius 1 is 1.45 bits per heavy atom. The smallest absolute Gasteiger partial charge is 0.281 e. The Bertz CT molecular complexity index is 805. The van der Waals surface area contributed by atoms with E-state index in [1.165, 1.54) is 36.3 Å². The lowest BCUT2D eigenvalue weighted by Crippen LogP contribution is -2.19. The van der Waals surface area contributed by atoms with Crippen LogP contribution in [0.15, 0.2) is 23.2 Å². The van der Waals surface area contributed by atoms with Gasteiger partial charge in [0.15, 0.2) is 4.80 Å². The van der Waals surface area contributed by atoms with Gasteiger partial charge in [-0.25, -0.2) is 4.39 Å². The number of carbonyl (C=O) groups is 1. The molecule has 3 nitrogen and oxygen atoms in total. The fraction of sp³-hybridized carbons (Fsp3) is 0.375. The highest BCUT2D eigenvalue weighted by molar-refractivity contribution is 7.09. The maximum Gasteiger partial charge on any atom is 0.281 e. The van der Waals surface area contributed by atoms with E-state index in [0.29, 0.717) is 10.7 Å². The van der Waals surface area contributed by atoms with E-state index in [4.69, 9.17) is 11.6 Å². The lowest BCUT2D eigenvalue weighted by atomic mass is 10.2. The van der Waals surface area contributed by atoms with E-state index in [9.17, 15) is 9.18 Å². The Hall–Kier alpha value is -1.46. The number of thiazole rings is 1. The van der Waals surface area contributed by atoms with Crippen molar-refractivity contribution in [1.82, 2.24) is 4.57 Å². The van der Waals surface area contributed by atoms with Crippen LogP contribution in [0.4, 0.5) is 4.39 Å². The maximum absolute atomic E-state index is 13.3. The molecule has 6 heteroatoms. The lowest BCUT2D eigenvalue weighted by Gasteiger charge is -2.05. The predicted octanol–water partition coefficient (Wildman–Crippen LogP) is 4.11. The summed E-state index contributed by atoms with van der Waals surface area (Å²) in [6, 6.07) is 3.74. The van der Waals surface area contributed by atoms with Crippen LogP contribution in [0.3, 0.4) is 0 Å². The number of nitrogens with zero attached hydrogens (tertiary/aromatic N) is 2. The molecule has 1 heterocycles. The van der Waals surface area contributed by atoms with Gasteiger partial charge in [0.1, 0.15) is 5.82 Å². The number of aromatic nitrogens is 1. The molecule has 0 radical (unpaired) electrons. The summed E-state index contributed by atoms with van der Waals surface area (Å²) in [6.45, 7) is 4.94. The topological polar surface area (TPSA) is 34.4 Å². The van der Waals surface area contributed by atoms with Crippen molar-refractivity contribution in [2.24, 2.45) is 10.9 Å². The Labute approximate surface area is 137 Å². The van der Waals surface area contributed by atoms with Gasteiger partial charge < -0.3 is 4.57 Å². The van der Waals surface area contributed by atoms with Gasteiger partial charge >= 0.3 is 0 Å². The number of aryl methyl sites for hydroxylation is 1. The second kappa shape index (κ2) is 5.97. The number of hydrogen-bond acceptors (Lipinski definition) is 2. The fourth-order valence-electron chi connectivity index (χ4n) is 2.26. The van der Waals surface area contributed by atoms with Gasteiger partial charge in [-0.2, -0.15) is 4.99 Å². The zero-order chi connectivity index (χ0) is 15.9. The van der Waals surface area contributed by atoms with E-state index in [0.717, 1.165) is 23.2 Å². The zero-order valence-electron chi connectivity index (χ0n) is 12.4. The minimum atomic E-state index is -0.504. The monoisotopic (exact) mass is 338 g/mol. The van der Waals surface area contributed by atoms with Crippen molar-refractivity contribution >= 4 is 28.8 Å². The van der Waals surface area contributed by atoms with Crippen LogP contribution >= 0.6 is 22.9 Å². The Morgan fingerprint density at radius 3 is 2.86 bits per heavy atom. The van der Waals surface area contributed by atoms with Gasteiger partial charge in [-0.05, 0) is 50.8 Å². The van der Waals surface area contributed by atoms with Crippen LogP contribution < -0.4 is 4.80 Å². The van der Waals surface area contributed by atoms with Gasteiger partial charge in [0, 0.05) is 17.1 Å². The van der Waals surface area contributed by atoms with E-state index >= 15 is 0 Å². The van der Waals surface area contributed by atoms with Crippen molar-refractivity contribution in [2.75, 3.05) is 0 Å². The molecule has 1 fully saturated rings. The molecule has 2 aromatic rings.